The summed E-state index contributed by atoms with van der Waals surface area (Å²) in [7, 11) is 0. The molecule has 4 nitrogen and oxygen atoms in total. The largest absolute Gasteiger partial charge is 0.466 e. The molecule has 2 atom stereocenters. The fourth-order valence-corrected chi connectivity index (χ4v) is 1.89. The molecule has 0 N–H and O–H groups in total. The zero-order valence-electron chi connectivity index (χ0n) is 9.12. The van der Waals surface area contributed by atoms with Crippen LogP contribution in [0.5, 0.6) is 0 Å². The first kappa shape index (κ1) is 11.9. The van der Waals surface area contributed by atoms with E-state index in [-0.39, 0.29) is 23.5 Å². The molecule has 0 amide bonds. The Bertz CT molecular complexity index is 282. The molecule has 15 heavy (non-hydrogen) atoms. The second kappa shape index (κ2) is 5.05. The SMILES string of the molecule is CCOC(=O)[C@@H]1CCC(=O)[C@@H](C(C)=O)C1. The van der Waals surface area contributed by atoms with E-state index in [2.05, 4.69) is 0 Å². The molecule has 0 saturated heterocycles. The smallest absolute Gasteiger partial charge is 0.308 e. The van der Waals surface area contributed by atoms with E-state index in [4.69, 9.17) is 4.74 Å². The Morgan fingerprint density at radius 1 is 1.47 bits per heavy atom. The number of hydrogen-bond acceptors (Lipinski definition) is 4. The second-order valence-electron chi connectivity index (χ2n) is 3.85. The molecule has 1 rings (SSSR count). The number of rotatable bonds is 3. The summed E-state index contributed by atoms with van der Waals surface area (Å²) in [6, 6.07) is 0. The quantitative estimate of drug-likeness (QED) is 0.519. The Kier molecular flexibility index (Phi) is 4.00. The fourth-order valence-electron chi connectivity index (χ4n) is 1.89. The molecule has 0 unspecified atom stereocenters. The highest BCUT2D eigenvalue weighted by Gasteiger charge is 2.35. The second-order valence-corrected chi connectivity index (χ2v) is 3.85. The van der Waals surface area contributed by atoms with Crippen molar-refractivity contribution in [3.05, 3.63) is 0 Å². The summed E-state index contributed by atoms with van der Waals surface area (Å²) in [6.45, 7) is 3.48. The molecule has 1 saturated carbocycles. The molecule has 0 heterocycles. The van der Waals surface area contributed by atoms with Gasteiger partial charge in [0.15, 0.2) is 0 Å². The van der Waals surface area contributed by atoms with Crippen LogP contribution in [0, 0.1) is 11.8 Å². The number of hydrogen-bond donors (Lipinski definition) is 0. The highest BCUT2D eigenvalue weighted by Crippen LogP contribution is 2.28. The molecule has 0 bridgehead atoms. The Morgan fingerprint density at radius 2 is 2.13 bits per heavy atom. The van der Waals surface area contributed by atoms with E-state index in [0.717, 1.165) is 0 Å². The van der Waals surface area contributed by atoms with Gasteiger partial charge in [-0.1, -0.05) is 0 Å². The van der Waals surface area contributed by atoms with Gasteiger partial charge in [-0.3, -0.25) is 14.4 Å². The van der Waals surface area contributed by atoms with Crippen LogP contribution in [0.2, 0.25) is 0 Å². The Labute approximate surface area is 89.0 Å². The van der Waals surface area contributed by atoms with Crippen LogP contribution in [-0.4, -0.2) is 24.1 Å². The van der Waals surface area contributed by atoms with Crippen LogP contribution in [-0.2, 0) is 19.1 Å². The molecular weight excluding hydrogens is 196 g/mol. The van der Waals surface area contributed by atoms with Gasteiger partial charge in [0.1, 0.15) is 11.6 Å². The van der Waals surface area contributed by atoms with Gasteiger partial charge in [0, 0.05) is 6.42 Å². The topological polar surface area (TPSA) is 60.4 Å². The van der Waals surface area contributed by atoms with E-state index in [0.29, 0.717) is 25.9 Å². The van der Waals surface area contributed by atoms with Crippen LogP contribution >= 0.6 is 0 Å². The summed E-state index contributed by atoms with van der Waals surface area (Å²) < 4.78 is 4.88. The Hall–Kier alpha value is -1.19. The molecule has 1 fully saturated rings. The summed E-state index contributed by atoms with van der Waals surface area (Å²) in [4.78, 5) is 34.0. The summed E-state index contributed by atoms with van der Waals surface area (Å²) in [5.74, 6) is -1.34. The number of Topliss-reactive ketones (excluding diaryl/α,β-unsaturated/α-hetero) is 2. The van der Waals surface area contributed by atoms with Crippen molar-refractivity contribution < 1.29 is 19.1 Å². The van der Waals surface area contributed by atoms with Gasteiger partial charge in [-0.25, -0.2) is 0 Å². The van der Waals surface area contributed by atoms with Crippen LogP contribution in [0.1, 0.15) is 33.1 Å². The Morgan fingerprint density at radius 3 is 2.67 bits per heavy atom. The normalized spacial score (nSPS) is 26.1. The first-order valence-electron chi connectivity index (χ1n) is 5.26. The zero-order chi connectivity index (χ0) is 11.4. The predicted molar refractivity (Wildman–Crippen MR) is 53.2 cm³/mol. The minimum Gasteiger partial charge on any atom is -0.466 e. The van der Waals surface area contributed by atoms with E-state index in [1.807, 2.05) is 0 Å². The molecule has 0 spiro atoms. The van der Waals surface area contributed by atoms with Gasteiger partial charge in [-0.2, -0.15) is 0 Å². The third-order valence-corrected chi connectivity index (χ3v) is 2.76. The van der Waals surface area contributed by atoms with Crippen LogP contribution < -0.4 is 0 Å². The van der Waals surface area contributed by atoms with Gasteiger partial charge in [-0.05, 0) is 26.7 Å². The van der Waals surface area contributed by atoms with Crippen LogP contribution in [0.25, 0.3) is 0 Å². The van der Waals surface area contributed by atoms with Crippen LogP contribution in [0.15, 0.2) is 0 Å². The van der Waals surface area contributed by atoms with Gasteiger partial charge in [0.2, 0.25) is 0 Å². The molecule has 0 aromatic rings. The maximum Gasteiger partial charge on any atom is 0.308 e. The molecule has 4 heteroatoms. The zero-order valence-corrected chi connectivity index (χ0v) is 9.12. The van der Waals surface area contributed by atoms with Crippen LogP contribution in [0.3, 0.4) is 0 Å². The van der Waals surface area contributed by atoms with Gasteiger partial charge in [0.25, 0.3) is 0 Å². The molecule has 0 radical (unpaired) electrons. The Balaban J connectivity index is 2.61. The van der Waals surface area contributed by atoms with Crippen LogP contribution in [0.4, 0.5) is 0 Å². The predicted octanol–water partition coefficient (Wildman–Crippen LogP) is 1.12. The lowest BCUT2D eigenvalue weighted by Gasteiger charge is -2.24. The number of esters is 1. The van der Waals surface area contributed by atoms with E-state index in [1.54, 1.807) is 6.92 Å². The van der Waals surface area contributed by atoms with Crippen molar-refractivity contribution in [1.82, 2.24) is 0 Å². The molecule has 1 aliphatic rings. The molecule has 1 aliphatic carbocycles. The summed E-state index contributed by atoms with van der Waals surface area (Å²) >= 11 is 0. The summed E-state index contributed by atoms with van der Waals surface area (Å²) in [5, 5.41) is 0. The molecule has 0 aromatic heterocycles. The lowest BCUT2D eigenvalue weighted by Crippen LogP contribution is -2.33. The number of carbonyl (C=O) groups excluding carboxylic acids is 3. The van der Waals surface area contributed by atoms with Gasteiger partial charge in [0.05, 0.1) is 18.4 Å². The highest BCUT2D eigenvalue weighted by atomic mass is 16.5. The van der Waals surface area contributed by atoms with E-state index < -0.39 is 5.92 Å². The number of ether oxygens (including phenoxy) is 1. The van der Waals surface area contributed by atoms with Gasteiger partial charge in [-0.15, -0.1) is 0 Å². The number of carbonyl (C=O) groups is 3. The lowest BCUT2D eigenvalue weighted by molar-refractivity contribution is -0.151. The van der Waals surface area contributed by atoms with Crippen molar-refractivity contribution in [2.75, 3.05) is 6.61 Å². The maximum absolute atomic E-state index is 11.4. The average molecular weight is 212 g/mol. The van der Waals surface area contributed by atoms with Crippen molar-refractivity contribution in [1.29, 1.82) is 0 Å². The van der Waals surface area contributed by atoms with E-state index in [9.17, 15) is 14.4 Å². The van der Waals surface area contributed by atoms with Gasteiger partial charge >= 0.3 is 5.97 Å². The van der Waals surface area contributed by atoms with Crippen molar-refractivity contribution in [3.8, 4) is 0 Å². The van der Waals surface area contributed by atoms with E-state index in [1.165, 1.54) is 6.92 Å². The third kappa shape index (κ3) is 2.88. The standard InChI is InChI=1S/C11H16O4/c1-3-15-11(14)8-4-5-10(13)9(6-8)7(2)12/h8-9H,3-6H2,1-2H3/t8-,9-/m1/s1. The average Bonchev–Trinajstić information content (AvgIpc) is 2.18. The minimum atomic E-state index is -0.590. The number of ketones is 2. The molecule has 84 valence electrons. The first-order valence-corrected chi connectivity index (χ1v) is 5.26. The fraction of sp³-hybridized carbons (Fsp3) is 0.727. The first-order chi connectivity index (χ1) is 7.06. The molecule has 0 aliphatic heterocycles. The third-order valence-electron chi connectivity index (χ3n) is 2.76. The summed E-state index contributed by atoms with van der Waals surface area (Å²) in [6.07, 6.45) is 1.15. The van der Waals surface area contributed by atoms with Crippen molar-refractivity contribution >= 4 is 17.5 Å². The summed E-state index contributed by atoms with van der Waals surface area (Å²) in [5.41, 5.74) is 0. The van der Waals surface area contributed by atoms with Gasteiger partial charge < -0.3 is 4.74 Å². The lowest BCUT2D eigenvalue weighted by atomic mass is 9.79. The highest BCUT2D eigenvalue weighted by molar-refractivity contribution is 6.02. The maximum atomic E-state index is 11.4. The minimum absolute atomic E-state index is 0.0388. The molecular formula is C11H16O4. The van der Waals surface area contributed by atoms with Crippen molar-refractivity contribution in [2.45, 2.75) is 33.1 Å². The van der Waals surface area contributed by atoms with E-state index >= 15 is 0 Å². The van der Waals surface area contributed by atoms with Crippen molar-refractivity contribution in [2.24, 2.45) is 11.8 Å². The monoisotopic (exact) mass is 212 g/mol. The van der Waals surface area contributed by atoms with Crippen molar-refractivity contribution in [3.63, 3.8) is 0 Å². The molecule has 0 aromatic carbocycles.